The van der Waals surface area contributed by atoms with E-state index in [9.17, 15) is 10.1 Å². The van der Waals surface area contributed by atoms with Crippen molar-refractivity contribution in [3.8, 4) is 6.07 Å². The number of fused-ring (bicyclic) bond motifs is 1. The van der Waals surface area contributed by atoms with Gasteiger partial charge in [0.1, 0.15) is 11.1 Å². The molecule has 0 radical (unpaired) electrons. The molecule has 0 spiro atoms. The Morgan fingerprint density at radius 1 is 1.36 bits per heavy atom. The van der Waals surface area contributed by atoms with E-state index in [0.29, 0.717) is 27.3 Å². The van der Waals surface area contributed by atoms with Crippen molar-refractivity contribution in [2.24, 2.45) is 5.92 Å². The Morgan fingerprint density at radius 2 is 2.08 bits per heavy atom. The topological polar surface area (TPSA) is 52.9 Å². The standard InChI is InChI=1S/C20H22N2OS2/c1-12(2)24-15-7-5-14(6-8-15)19(23)22-20-17(11-21)16-9-4-13(3)10-18(16)25-20/h5-8,12-13H,4,9-10H2,1-3H3,(H,22,23)/t13-/m1/s1. The number of nitrogens with one attached hydrogen (secondary N) is 1. The van der Waals surface area contributed by atoms with Crippen molar-refractivity contribution in [1.29, 1.82) is 5.26 Å². The monoisotopic (exact) mass is 370 g/mol. The van der Waals surface area contributed by atoms with E-state index in [-0.39, 0.29) is 5.91 Å². The largest absolute Gasteiger partial charge is 0.312 e. The lowest BCUT2D eigenvalue weighted by molar-refractivity contribution is 0.102. The molecule has 1 N–H and O–H groups in total. The van der Waals surface area contributed by atoms with Gasteiger partial charge in [-0.1, -0.05) is 20.8 Å². The van der Waals surface area contributed by atoms with Crippen LogP contribution in [0.15, 0.2) is 29.2 Å². The third-order valence-electron chi connectivity index (χ3n) is 4.34. The summed E-state index contributed by atoms with van der Waals surface area (Å²) in [4.78, 5) is 15.0. The number of nitriles is 1. The molecule has 0 bridgehead atoms. The molecule has 1 aromatic heterocycles. The summed E-state index contributed by atoms with van der Waals surface area (Å²) in [5, 5.41) is 13.7. The molecule has 3 nitrogen and oxygen atoms in total. The minimum Gasteiger partial charge on any atom is -0.312 e. The van der Waals surface area contributed by atoms with Gasteiger partial charge in [-0.3, -0.25) is 4.79 Å². The highest BCUT2D eigenvalue weighted by Gasteiger charge is 2.24. The summed E-state index contributed by atoms with van der Waals surface area (Å²) >= 11 is 3.34. The van der Waals surface area contributed by atoms with Crippen LogP contribution in [0.3, 0.4) is 0 Å². The smallest absolute Gasteiger partial charge is 0.256 e. The number of carbonyl (C=O) groups is 1. The predicted octanol–water partition coefficient (Wildman–Crippen LogP) is 5.50. The Hall–Kier alpha value is -1.77. The highest BCUT2D eigenvalue weighted by atomic mass is 32.2. The van der Waals surface area contributed by atoms with Crippen LogP contribution in [-0.2, 0) is 12.8 Å². The zero-order valence-electron chi connectivity index (χ0n) is 14.8. The van der Waals surface area contributed by atoms with Gasteiger partial charge in [0.25, 0.3) is 5.91 Å². The van der Waals surface area contributed by atoms with Crippen LogP contribution in [0.1, 0.15) is 53.6 Å². The molecule has 0 saturated carbocycles. The van der Waals surface area contributed by atoms with Crippen molar-refractivity contribution >= 4 is 34.0 Å². The Labute approximate surface area is 157 Å². The second kappa shape index (κ2) is 7.63. The van der Waals surface area contributed by atoms with E-state index in [4.69, 9.17) is 0 Å². The van der Waals surface area contributed by atoms with Gasteiger partial charge < -0.3 is 5.32 Å². The molecule has 2 aromatic rings. The molecule has 1 aliphatic carbocycles. The first kappa shape index (κ1) is 18.0. The third-order valence-corrected chi connectivity index (χ3v) is 6.52. The van der Waals surface area contributed by atoms with Crippen molar-refractivity contribution in [3.05, 3.63) is 45.8 Å². The normalized spacial score (nSPS) is 16.4. The SMILES string of the molecule is CC(C)Sc1ccc(C(=O)Nc2sc3c(c2C#N)CC[C@@H](C)C3)cc1. The van der Waals surface area contributed by atoms with E-state index in [1.54, 1.807) is 23.1 Å². The van der Waals surface area contributed by atoms with E-state index >= 15 is 0 Å². The summed E-state index contributed by atoms with van der Waals surface area (Å²) in [7, 11) is 0. The average Bonchev–Trinajstić information content (AvgIpc) is 2.90. The molecule has 5 heteroatoms. The average molecular weight is 371 g/mol. The highest BCUT2D eigenvalue weighted by molar-refractivity contribution is 7.99. The van der Waals surface area contributed by atoms with Crippen molar-refractivity contribution in [3.63, 3.8) is 0 Å². The van der Waals surface area contributed by atoms with Gasteiger partial charge >= 0.3 is 0 Å². The van der Waals surface area contributed by atoms with Gasteiger partial charge in [-0.05, 0) is 55.0 Å². The summed E-state index contributed by atoms with van der Waals surface area (Å²) in [6, 6.07) is 9.95. The highest BCUT2D eigenvalue weighted by Crippen LogP contribution is 2.39. The first-order valence-corrected chi connectivity index (χ1v) is 10.3. The summed E-state index contributed by atoms with van der Waals surface area (Å²) < 4.78 is 0. The van der Waals surface area contributed by atoms with Gasteiger partial charge in [-0.15, -0.1) is 23.1 Å². The van der Waals surface area contributed by atoms with Crippen molar-refractivity contribution in [2.75, 3.05) is 5.32 Å². The molecule has 130 valence electrons. The Bertz CT molecular complexity index is 815. The molecule has 0 saturated heterocycles. The van der Waals surface area contributed by atoms with Crippen molar-refractivity contribution < 1.29 is 4.79 Å². The number of thiophene rings is 1. The van der Waals surface area contributed by atoms with Crippen LogP contribution >= 0.6 is 23.1 Å². The quantitative estimate of drug-likeness (QED) is 0.723. The molecule has 3 rings (SSSR count). The van der Waals surface area contributed by atoms with E-state index in [1.165, 1.54) is 4.88 Å². The molecule has 1 aromatic carbocycles. The Kier molecular flexibility index (Phi) is 5.51. The molecule has 1 heterocycles. The number of thioether (sulfide) groups is 1. The van der Waals surface area contributed by atoms with E-state index in [0.717, 1.165) is 29.7 Å². The molecule has 1 aliphatic rings. The zero-order chi connectivity index (χ0) is 18.0. The molecular formula is C20H22N2OS2. The fraction of sp³-hybridized carbons (Fsp3) is 0.400. The first-order chi connectivity index (χ1) is 12.0. The number of hydrogen-bond donors (Lipinski definition) is 1. The van der Waals surface area contributed by atoms with Gasteiger partial charge in [0, 0.05) is 20.6 Å². The minimum absolute atomic E-state index is 0.149. The molecule has 0 fully saturated rings. The summed E-state index contributed by atoms with van der Waals surface area (Å²) in [5.41, 5.74) is 2.42. The maximum atomic E-state index is 12.6. The number of benzene rings is 1. The van der Waals surface area contributed by atoms with Crippen molar-refractivity contribution in [1.82, 2.24) is 0 Å². The minimum atomic E-state index is -0.149. The maximum Gasteiger partial charge on any atom is 0.256 e. The van der Waals surface area contributed by atoms with Gasteiger partial charge in [0.05, 0.1) is 5.56 Å². The third kappa shape index (κ3) is 4.08. The van der Waals surface area contributed by atoms with Crippen LogP contribution in [0, 0.1) is 17.2 Å². The summed E-state index contributed by atoms with van der Waals surface area (Å²) in [5.74, 6) is 0.497. The lowest BCUT2D eigenvalue weighted by Crippen LogP contribution is -2.12. The summed E-state index contributed by atoms with van der Waals surface area (Å²) in [6.07, 6.45) is 3.05. The molecule has 0 unspecified atom stereocenters. The van der Waals surface area contributed by atoms with Crippen LogP contribution in [0.2, 0.25) is 0 Å². The lowest BCUT2D eigenvalue weighted by Gasteiger charge is -2.17. The zero-order valence-corrected chi connectivity index (χ0v) is 16.4. The fourth-order valence-corrected chi connectivity index (χ4v) is 5.28. The van der Waals surface area contributed by atoms with E-state index < -0.39 is 0 Å². The maximum absolute atomic E-state index is 12.6. The fourth-order valence-electron chi connectivity index (χ4n) is 3.09. The van der Waals surface area contributed by atoms with Gasteiger partial charge in [-0.2, -0.15) is 5.26 Å². The predicted molar refractivity (Wildman–Crippen MR) is 106 cm³/mol. The van der Waals surface area contributed by atoms with Crippen LogP contribution < -0.4 is 5.32 Å². The number of amides is 1. The molecule has 25 heavy (non-hydrogen) atoms. The van der Waals surface area contributed by atoms with Gasteiger partial charge in [0.15, 0.2) is 0 Å². The van der Waals surface area contributed by atoms with E-state index in [1.807, 2.05) is 24.3 Å². The number of rotatable bonds is 4. The molecule has 0 aliphatic heterocycles. The Morgan fingerprint density at radius 3 is 2.72 bits per heavy atom. The van der Waals surface area contributed by atoms with Gasteiger partial charge in [-0.25, -0.2) is 0 Å². The number of hydrogen-bond acceptors (Lipinski definition) is 4. The summed E-state index contributed by atoms with van der Waals surface area (Å²) in [6.45, 7) is 6.53. The molecular weight excluding hydrogens is 348 g/mol. The second-order valence-electron chi connectivity index (χ2n) is 6.81. The van der Waals surface area contributed by atoms with Crippen LogP contribution in [0.4, 0.5) is 5.00 Å². The number of nitrogens with zero attached hydrogens (tertiary/aromatic N) is 1. The lowest BCUT2D eigenvalue weighted by atomic mass is 9.88. The number of anilines is 1. The van der Waals surface area contributed by atoms with Crippen LogP contribution in [-0.4, -0.2) is 11.2 Å². The van der Waals surface area contributed by atoms with Crippen LogP contribution in [0.5, 0.6) is 0 Å². The molecule has 1 atom stereocenters. The Balaban J connectivity index is 1.78. The van der Waals surface area contributed by atoms with E-state index in [2.05, 4.69) is 32.2 Å². The van der Waals surface area contributed by atoms with Gasteiger partial charge in [0.2, 0.25) is 0 Å². The second-order valence-corrected chi connectivity index (χ2v) is 9.57. The van der Waals surface area contributed by atoms with Crippen molar-refractivity contribution in [2.45, 2.75) is 50.2 Å². The first-order valence-electron chi connectivity index (χ1n) is 8.60. The number of carbonyl (C=O) groups excluding carboxylic acids is 1. The van der Waals surface area contributed by atoms with Crippen LogP contribution in [0.25, 0.3) is 0 Å². The molecule has 1 amide bonds.